The summed E-state index contributed by atoms with van der Waals surface area (Å²) < 4.78 is 0. The summed E-state index contributed by atoms with van der Waals surface area (Å²) in [7, 11) is 0. The molecule has 0 heterocycles. The van der Waals surface area contributed by atoms with Gasteiger partial charge in [-0.05, 0) is 36.2 Å². The van der Waals surface area contributed by atoms with Gasteiger partial charge in [-0.25, -0.2) is 4.84 Å². The van der Waals surface area contributed by atoms with Crippen LogP contribution in [0.15, 0.2) is 60.7 Å². The normalized spacial score (nSPS) is 14.2. The topological polar surface area (TPSA) is 12.0 Å². The van der Waals surface area contributed by atoms with Crippen LogP contribution in [0.25, 0.3) is 0 Å². The van der Waals surface area contributed by atoms with Gasteiger partial charge >= 0.3 is 0 Å². The first-order valence-corrected chi connectivity index (χ1v) is 6.10. The molecule has 0 bridgehead atoms. The second-order valence-electron chi connectivity index (χ2n) is 4.45. The monoisotopic (exact) mass is 245 g/mol. The molecule has 1 N–H and O–H groups in total. The molecule has 1 atom stereocenters. The number of benzene rings is 2. The molecule has 0 amide bonds. The molecule has 2 heteroatoms. The van der Waals surface area contributed by atoms with Gasteiger partial charge in [0, 0.05) is 0 Å². The Balaban J connectivity index is 2.27. The maximum absolute atomic E-state index is 5.94. The Kier molecular flexibility index (Phi) is 3.82. The lowest BCUT2D eigenvalue weighted by Crippen LogP contribution is -2.35. The molecular formula is C15H16ClN. The standard InChI is InChI=1S/C15H16ClN/c1-15(17-16,14-10-6-3-7-11-14)12-13-8-4-2-5-9-13/h2-11,17H,12H2,1H3. The molecule has 0 spiro atoms. The zero-order valence-corrected chi connectivity index (χ0v) is 10.6. The third-order valence-electron chi connectivity index (χ3n) is 3.02. The molecule has 0 fully saturated rings. The first-order valence-electron chi connectivity index (χ1n) is 5.72. The highest BCUT2D eigenvalue weighted by Gasteiger charge is 2.25. The molecule has 2 aromatic carbocycles. The maximum atomic E-state index is 5.94. The van der Waals surface area contributed by atoms with Gasteiger partial charge < -0.3 is 0 Å². The van der Waals surface area contributed by atoms with Gasteiger partial charge in [0.15, 0.2) is 0 Å². The van der Waals surface area contributed by atoms with Crippen LogP contribution in [0, 0.1) is 0 Å². The Morgan fingerprint density at radius 1 is 0.941 bits per heavy atom. The van der Waals surface area contributed by atoms with Gasteiger partial charge in [-0.1, -0.05) is 60.7 Å². The molecule has 88 valence electrons. The molecule has 0 aliphatic carbocycles. The number of hydrogen-bond acceptors (Lipinski definition) is 1. The van der Waals surface area contributed by atoms with Crippen LogP contribution in [0.5, 0.6) is 0 Å². The number of rotatable bonds is 4. The summed E-state index contributed by atoms with van der Waals surface area (Å²) in [5, 5.41) is 0. The fraction of sp³-hybridized carbons (Fsp3) is 0.200. The fourth-order valence-corrected chi connectivity index (χ4v) is 2.18. The summed E-state index contributed by atoms with van der Waals surface area (Å²) in [6.07, 6.45) is 0.862. The summed E-state index contributed by atoms with van der Waals surface area (Å²) in [6.45, 7) is 2.11. The minimum absolute atomic E-state index is 0.246. The van der Waals surface area contributed by atoms with Crippen LogP contribution in [-0.2, 0) is 12.0 Å². The molecule has 0 saturated heterocycles. The SMILES string of the molecule is CC(Cc1ccccc1)(NCl)c1ccccc1. The average molecular weight is 246 g/mol. The Hall–Kier alpha value is -1.31. The van der Waals surface area contributed by atoms with Gasteiger partial charge in [-0.15, -0.1) is 0 Å². The molecular weight excluding hydrogens is 230 g/mol. The summed E-state index contributed by atoms with van der Waals surface area (Å²) in [5.41, 5.74) is 2.22. The zero-order valence-electron chi connectivity index (χ0n) is 9.86. The third-order valence-corrected chi connectivity index (χ3v) is 3.44. The van der Waals surface area contributed by atoms with Gasteiger partial charge in [0.25, 0.3) is 0 Å². The van der Waals surface area contributed by atoms with Gasteiger partial charge in [-0.2, -0.15) is 0 Å². The maximum Gasteiger partial charge on any atom is 0.0592 e. The van der Waals surface area contributed by atoms with E-state index in [4.69, 9.17) is 11.8 Å². The molecule has 0 saturated carbocycles. The lowest BCUT2D eigenvalue weighted by Gasteiger charge is -2.28. The first kappa shape index (κ1) is 12.2. The molecule has 0 aromatic heterocycles. The number of hydrogen-bond donors (Lipinski definition) is 1. The Labute approximate surface area is 108 Å². The van der Waals surface area contributed by atoms with E-state index < -0.39 is 0 Å². The van der Waals surface area contributed by atoms with E-state index in [1.807, 2.05) is 24.3 Å². The van der Waals surface area contributed by atoms with Gasteiger partial charge in [0.1, 0.15) is 0 Å². The summed E-state index contributed by atoms with van der Waals surface area (Å²) in [5.74, 6) is 0. The molecule has 0 aliphatic rings. The zero-order chi connectivity index (χ0) is 12.1. The van der Waals surface area contributed by atoms with E-state index in [-0.39, 0.29) is 5.54 Å². The van der Waals surface area contributed by atoms with E-state index in [0.717, 1.165) is 6.42 Å². The minimum Gasteiger partial charge on any atom is -0.223 e. The Morgan fingerprint density at radius 3 is 2.00 bits per heavy atom. The van der Waals surface area contributed by atoms with Crippen molar-refractivity contribution in [3.05, 3.63) is 71.8 Å². The van der Waals surface area contributed by atoms with E-state index in [0.29, 0.717) is 0 Å². The number of halogens is 1. The van der Waals surface area contributed by atoms with Crippen molar-refractivity contribution in [2.75, 3.05) is 0 Å². The van der Waals surface area contributed by atoms with Crippen molar-refractivity contribution >= 4 is 11.8 Å². The second kappa shape index (κ2) is 5.35. The highest BCUT2D eigenvalue weighted by Crippen LogP contribution is 2.25. The van der Waals surface area contributed by atoms with Crippen molar-refractivity contribution in [3.63, 3.8) is 0 Å². The molecule has 0 radical (unpaired) electrons. The highest BCUT2D eigenvalue weighted by molar-refractivity contribution is 6.13. The Bertz CT molecular complexity index is 455. The van der Waals surface area contributed by atoms with E-state index >= 15 is 0 Å². The predicted molar refractivity (Wildman–Crippen MR) is 72.9 cm³/mol. The van der Waals surface area contributed by atoms with Crippen molar-refractivity contribution < 1.29 is 0 Å². The molecule has 17 heavy (non-hydrogen) atoms. The van der Waals surface area contributed by atoms with Crippen LogP contribution in [-0.4, -0.2) is 0 Å². The van der Waals surface area contributed by atoms with E-state index in [1.165, 1.54) is 11.1 Å². The summed E-state index contributed by atoms with van der Waals surface area (Å²) >= 11 is 5.94. The van der Waals surface area contributed by atoms with Crippen molar-refractivity contribution in [2.24, 2.45) is 0 Å². The van der Waals surface area contributed by atoms with Crippen LogP contribution in [0.1, 0.15) is 18.1 Å². The molecule has 1 nitrogen and oxygen atoms in total. The minimum atomic E-state index is -0.246. The smallest absolute Gasteiger partial charge is 0.0592 e. The van der Waals surface area contributed by atoms with Crippen molar-refractivity contribution in [2.45, 2.75) is 18.9 Å². The summed E-state index contributed by atoms with van der Waals surface area (Å²) in [6, 6.07) is 20.6. The molecule has 2 rings (SSSR count). The van der Waals surface area contributed by atoms with Gasteiger partial charge in [0.2, 0.25) is 0 Å². The van der Waals surface area contributed by atoms with E-state index in [2.05, 4.69) is 48.2 Å². The van der Waals surface area contributed by atoms with E-state index in [1.54, 1.807) is 0 Å². The van der Waals surface area contributed by atoms with Crippen molar-refractivity contribution in [1.82, 2.24) is 4.84 Å². The second-order valence-corrected chi connectivity index (χ2v) is 4.64. The summed E-state index contributed by atoms with van der Waals surface area (Å²) in [4.78, 5) is 2.92. The predicted octanol–water partition coefficient (Wildman–Crippen LogP) is 3.89. The van der Waals surface area contributed by atoms with Crippen LogP contribution in [0.3, 0.4) is 0 Å². The molecule has 1 unspecified atom stereocenters. The fourth-order valence-electron chi connectivity index (χ4n) is 2.00. The third kappa shape index (κ3) is 2.87. The largest absolute Gasteiger partial charge is 0.223 e. The van der Waals surface area contributed by atoms with Crippen LogP contribution < -0.4 is 4.84 Å². The lowest BCUT2D eigenvalue weighted by atomic mass is 9.87. The van der Waals surface area contributed by atoms with Crippen LogP contribution in [0.2, 0.25) is 0 Å². The van der Waals surface area contributed by atoms with Gasteiger partial charge in [-0.3, -0.25) is 0 Å². The van der Waals surface area contributed by atoms with Crippen LogP contribution >= 0.6 is 11.8 Å². The Morgan fingerprint density at radius 2 is 1.47 bits per heavy atom. The van der Waals surface area contributed by atoms with E-state index in [9.17, 15) is 0 Å². The van der Waals surface area contributed by atoms with Crippen LogP contribution in [0.4, 0.5) is 0 Å². The number of nitrogens with one attached hydrogen (secondary N) is 1. The molecule has 0 aliphatic heterocycles. The van der Waals surface area contributed by atoms with Gasteiger partial charge in [0.05, 0.1) is 5.54 Å². The first-order chi connectivity index (χ1) is 8.24. The lowest BCUT2D eigenvalue weighted by molar-refractivity contribution is 0.447. The van der Waals surface area contributed by atoms with Crippen molar-refractivity contribution in [3.8, 4) is 0 Å². The quantitative estimate of drug-likeness (QED) is 0.806. The average Bonchev–Trinajstić information content (AvgIpc) is 2.41. The highest BCUT2D eigenvalue weighted by atomic mass is 35.5. The van der Waals surface area contributed by atoms with Crippen molar-refractivity contribution in [1.29, 1.82) is 0 Å². The molecule has 2 aromatic rings.